The summed E-state index contributed by atoms with van der Waals surface area (Å²) in [6, 6.07) is 19.9. The van der Waals surface area contributed by atoms with Crippen LogP contribution in [0.25, 0.3) is 22.4 Å². The zero-order valence-corrected chi connectivity index (χ0v) is 22.0. The van der Waals surface area contributed by atoms with Crippen LogP contribution >= 0.6 is 23.1 Å². The predicted octanol–water partition coefficient (Wildman–Crippen LogP) is 6.27. The first-order valence-electron chi connectivity index (χ1n) is 11.4. The first kappa shape index (κ1) is 25.4. The fourth-order valence-electron chi connectivity index (χ4n) is 3.58. The maximum Gasteiger partial charge on any atom is 0.239 e. The highest BCUT2D eigenvalue weighted by Crippen LogP contribution is 2.37. The number of carbonyl (C=O) groups is 1. The number of anilines is 1. The van der Waals surface area contributed by atoms with Crippen molar-refractivity contribution in [3.8, 4) is 34.2 Å². The van der Waals surface area contributed by atoms with Gasteiger partial charge in [0.1, 0.15) is 21.9 Å². The number of thioether (sulfide) groups is 1. The molecule has 0 bridgehead atoms. The second-order valence-corrected chi connectivity index (χ2v) is 10.4. The molecule has 4 rings (SSSR count). The van der Waals surface area contributed by atoms with Gasteiger partial charge in [0.05, 0.1) is 23.6 Å². The lowest BCUT2D eigenvalue weighted by atomic mass is 9.98. The molecule has 9 heteroatoms. The van der Waals surface area contributed by atoms with Crippen LogP contribution in [0.1, 0.15) is 29.5 Å². The summed E-state index contributed by atoms with van der Waals surface area (Å²) in [6.45, 7) is 5.79. The van der Waals surface area contributed by atoms with Crippen LogP contribution in [-0.2, 0) is 4.79 Å². The molecule has 0 aliphatic carbocycles. The summed E-state index contributed by atoms with van der Waals surface area (Å²) in [5.41, 5.74) is 4.86. The minimum absolute atomic E-state index is 0.198. The van der Waals surface area contributed by atoms with Crippen LogP contribution in [0, 0.1) is 25.2 Å². The summed E-state index contributed by atoms with van der Waals surface area (Å²) in [5, 5.41) is 22.2. The first-order chi connectivity index (χ1) is 17.4. The molecule has 0 spiro atoms. The van der Waals surface area contributed by atoms with E-state index in [9.17, 15) is 10.1 Å². The van der Waals surface area contributed by atoms with Gasteiger partial charge in [-0.3, -0.25) is 10.1 Å². The van der Waals surface area contributed by atoms with Crippen LogP contribution in [0.5, 0.6) is 5.75 Å². The summed E-state index contributed by atoms with van der Waals surface area (Å²) in [6.07, 6.45) is 0.549. The van der Waals surface area contributed by atoms with Crippen molar-refractivity contribution in [3.63, 3.8) is 0 Å². The highest BCUT2D eigenvalue weighted by Gasteiger charge is 2.24. The summed E-state index contributed by atoms with van der Waals surface area (Å²) in [7, 11) is 1.62. The molecule has 7 nitrogen and oxygen atoms in total. The topological polar surface area (TPSA) is 101 Å². The van der Waals surface area contributed by atoms with Crippen LogP contribution in [0.15, 0.2) is 59.6 Å². The van der Waals surface area contributed by atoms with E-state index in [0.29, 0.717) is 27.8 Å². The van der Waals surface area contributed by atoms with E-state index in [4.69, 9.17) is 9.72 Å². The van der Waals surface area contributed by atoms with Crippen LogP contribution in [0.3, 0.4) is 0 Å². The zero-order valence-electron chi connectivity index (χ0n) is 20.4. The standard InChI is InChI=1S/C27H25N5O2S2/c1-5-24(25(33)30-27-32-31-17(3)35-27)36-26-22(15-28)21(18-8-6-16(2)7-9-18)14-23(29-26)19-10-12-20(34-4)13-11-19/h6-14,24H,5H2,1-4H3,(H,30,32,33). The quantitative estimate of drug-likeness (QED) is 0.276. The number of hydrogen-bond donors (Lipinski definition) is 1. The van der Waals surface area contributed by atoms with Gasteiger partial charge in [0.15, 0.2) is 0 Å². The Morgan fingerprint density at radius 1 is 1.11 bits per heavy atom. The van der Waals surface area contributed by atoms with Crippen molar-refractivity contribution >= 4 is 34.1 Å². The normalized spacial score (nSPS) is 11.5. The molecule has 182 valence electrons. The van der Waals surface area contributed by atoms with Gasteiger partial charge in [-0.15, -0.1) is 10.2 Å². The van der Waals surface area contributed by atoms with Crippen molar-refractivity contribution < 1.29 is 9.53 Å². The number of amides is 1. The van der Waals surface area contributed by atoms with Gasteiger partial charge in [-0.1, -0.05) is 59.9 Å². The van der Waals surface area contributed by atoms with Crippen molar-refractivity contribution in [3.05, 3.63) is 70.7 Å². The number of pyridine rings is 1. The van der Waals surface area contributed by atoms with Gasteiger partial charge in [-0.25, -0.2) is 4.98 Å². The van der Waals surface area contributed by atoms with Gasteiger partial charge in [0.2, 0.25) is 11.0 Å². The molecule has 0 fully saturated rings. The third-order valence-electron chi connectivity index (χ3n) is 5.52. The summed E-state index contributed by atoms with van der Waals surface area (Å²) in [4.78, 5) is 17.9. The largest absolute Gasteiger partial charge is 0.497 e. The SMILES string of the molecule is CCC(Sc1nc(-c2ccc(OC)cc2)cc(-c2ccc(C)cc2)c1C#N)C(=O)Nc1nnc(C)s1. The maximum atomic E-state index is 13.1. The molecular weight excluding hydrogens is 490 g/mol. The van der Waals surface area contributed by atoms with Crippen LogP contribution < -0.4 is 10.1 Å². The lowest BCUT2D eigenvalue weighted by molar-refractivity contribution is -0.115. The number of nitriles is 1. The molecule has 2 heterocycles. The Morgan fingerprint density at radius 2 is 1.81 bits per heavy atom. The van der Waals surface area contributed by atoms with Crippen molar-refractivity contribution in [2.75, 3.05) is 12.4 Å². The number of rotatable bonds is 8. The Balaban J connectivity index is 1.77. The maximum absolute atomic E-state index is 13.1. The zero-order chi connectivity index (χ0) is 25.7. The Bertz CT molecular complexity index is 1410. The number of carbonyl (C=O) groups excluding carboxylic acids is 1. The first-order valence-corrected chi connectivity index (χ1v) is 13.1. The number of hydrogen-bond acceptors (Lipinski definition) is 8. The van der Waals surface area contributed by atoms with E-state index in [2.05, 4.69) is 21.6 Å². The molecule has 4 aromatic rings. The van der Waals surface area contributed by atoms with Crippen LogP contribution in [0.2, 0.25) is 0 Å². The lowest BCUT2D eigenvalue weighted by Crippen LogP contribution is -2.24. The average Bonchev–Trinajstić information content (AvgIpc) is 3.31. The highest BCUT2D eigenvalue weighted by atomic mass is 32.2. The van der Waals surface area contributed by atoms with Gasteiger partial charge < -0.3 is 4.74 Å². The van der Waals surface area contributed by atoms with Crippen LogP contribution in [0.4, 0.5) is 5.13 Å². The van der Waals surface area contributed by atoms with Gasteiger partial charge >= 0.3 is 0 Å². The average molecular weight is 516 g/mol. The van der Waals surface area contributed by atoms with Gasteiger partial charge in [-0.05, 0) is 56.2 Å². The second kappa shape index (κ2) is 11.3. The number of aryl methyl sites for hydroxylation is 2. The second-order valence-electron chi connectivity index (χ2n) is 8.07. The third kappa shape index (κ3) is 5.73. The molecule has 0 aliphatic heterocycles. The number of nitrogens with zero attached hydrogens (tertiary/aromatic N) is 4. The smallest absolute Gasteiger partial charge is 0.239 e. The molecule has 1 amide bonds. The molecule has 0 radical (unpaired) electrons. The monoisotopic (exact) mass is 515 g/mol. The summed E-state index contributed by atoms with van der Waals surface area (Å²) in [5.74, 6) is 0.548. The molecule has 1 atom stereocenters. The molecule has 1 unspecified atom stereocenters. The Hall–Kier alpha value is -3.74. The van der Waals surface area contributed by atoms with E-state index in [1.165, 1.54) is 23.1 Å². The Kier molecular flexibility index (Phi) is 7.98. The third-order valence-corrected chi connectivity index (χ3v) is 7.62. The molecule has 2 aromatic heterocycles. The fourth-order valence-corrected chi connectivity index (χ4v) is 5.20. The molecule has 2 aromatic carbocycles. The number of ether oxygens (including phenoxy) is 1. The summed E-state index contributed by atoms with van der Waals surface area (Å²) >= 11 is 2.61. The number of aromatic nitrogens is 3. The van der Waals surface area contributed by atoms with Crippen molar-refractivity contribution in [2.45, 2.75) is 37.5 Å². The van der Waals surface area contributed by atoms with Crippen molar-refractivity contribution in [1.29, 1.82) is 5.26 Å². The molecule has 0 aliphatic rings. The predicted molar refractivity (Wildman–Crippen MR) is 144 cm³/mol. The Morgan fingerprint density at radius 3 is 2.39 bits per heavy atom. The van der Waals surface area contributed by atoms with E-state index in [1.54, 1.807) is 7.11 Å². The van der Waals surface area contributed by atoms with Gasteiger partial charge in [-0.2, -0.15) is 5.26 Å². The van der Waals surface area contributed by atoms with Crippen molar-refractivity contribution in [1.82, 2.24) is 15.2 Å². The van der Waals surface area contributed by atoms with E-state index < -0.39 is 5.25 Å². The van der Waals surface area contributed by atoms with Gasteiger partial charge in [0.25, 0.3) is 0 Å². The molecular formula is C27H25N5O2S2. The van der Waals surface area contributed by atoms with E-state index in [0.717, 1.165) is 33.0 Å². The van der Waals surface area contributed by atoms with E-state index in [1.807, 2.05) is 75.4 Å². The molecule has 0 saturated carbocycles. The molecule has 0 saturated heterocycles. The number of benzene rings is 2. The van der Waals surface area contributed by atoms with Gasteiger partial charge in [0, 0.05) is 11.1 Å². The number of nitrogens with one attached hydrogen (secondary N) is 1. The van der Waals surface area contributed by atoms with E-state index >= 15 is 0 Å². The molecule has 36 heavy (non-hydrogen) atoms. The minimum atomic E-state index is -0.467. The number of methoxy groups -OCH3 is 1. The van der Waals surface area contributed by atoms with Crippen LogP contribution in [-0.4, -0.2) is 33.4 Å². The minimum Gasteiger partial charge on any atom is -0.497 e. The van der Waals surface area contributed by atoms with E-state index in [-0.39, 0.29) is 5.91 Å². The lowest BCUT2D eigenvalue weighted by Gasteiger charge is -2.17. The highest BCUT2D eigenvalue weighted by molar-refractivity contribution is 8.00. The van der Waals surface area contributed by atoms with Crippen molar-refractivity contribution in [2.24, 2.45) is 0 Å². The molecule has 1 N–H and O–H groups in total. The summed E-state index contributed by atoms with van der Waals surface area (Å²) < 4.78 is 5.29. The Labute approximate surface area is 218 Å². The fraction of sp³-hybridized carbons (Fsp3) is 0.222.